The van der Waals surface area contributed by atoms with Crippen LogP contribution in [0.4, 0.5) is 5.69 Å². The Morgan fingerprint density at radius 3 is 2.95 bits per heavy atom. The average Bonchev–Trinajstić information content (AvgIpc) is 2.81. The minimum Gasteiger partial charge on any atom is -0.399 e. The molecule has 0 aromatic heterocycles. The molecule has 0 radical (unpaired) electrons. The number of hydrogen-bond donors (Lipinski definition) is 3. The summed E-state index contributed by atoms with van der Waals surface area (Å²) in [4.78, 5) is 12.1. The molecule has 0 bridgehead atoms. The van der Waals surface area contributed by atoms with Crippen LogP contribution in [-0.4, -0.2) is 23.7 Å². The van der Waals surface area contributed by atoms with E-state index in [1.54, 1.807) is 0 Å². The van der Waals surface area contributed by atoms with Crippen molar-refractivity contribution in [2.24, 2.45) is 5.92 Å². The Hall–Kier alpha value is -1.55. The molecule has 0 spiro atoms. The van der Waals surface area contributed by atoms with Crippen LogP contribution >= 0.6 is 0 Å². The van der Waals surface area contributed by atoms with Gasteiger partial charge in [-0.1, -0.05) is 12.1 Å². The van der Waals surface area contributed by atoms with Crippen molar-refractivity contribution in [1.82, 2.24) is 5.32 Å². The molecular weight excluding hydrogens is 240 g/mol. The van der Waals surface area contributed by atoms with Crippen LogP contribution in [-0.2, 0) is 4.79 Å². The van der Waals surface area contributed by atoms with Crippen molar-refractivity contribution in [3.8, 4) is 0 Å². The summed E-state index contributed by atoms with van der Waals surface area (Å²) in [6.07, 6.45) is 2.46. The van der Waals surface area contributed by atoms with Gasteiger partial charge in [0.05, 0.1) is 12.0 Å². The number of benzene rings is 1. The Kier molecular flexibility index (Phi) is 4.43. The van der Waals surface area contributed by atoms with Crippen molar-refractivity contribution < 1.29 is 9.90 Å². The van der Waals surface area contributed by atoms with Crippen molar-refractivity contribution in [2.45, 2.75) is 38.2 Å². The lowest BCUT2D eigenvalue weighted by Crippen LogP contribution is -2.32. The minimum absolute atomic E-state index is 0.0204. The van der Waals surface area contributed by atoms with Gasteiger partial charge in [-0.2, -0.15) is 0 Å². The molecule has 1 fully saturated rings. The zero-order valence-electron chi connectivity index (χ0n) is 11.3. The van der Waals surface area contributed by atoms with E-state index in [1.165, 1.54) is 0 Å². The van der Waals surface area contributed by atoms with E-state index in [0.717, 1.165) is 24.8 Å². The molecular formula is C15H22N2O2. The normalized spacial score (nSPS) is 24.1. The Morgan fingerprint density at radius 1 is 1.53 bits per heavy atom. The summed E-state index contributed by atoms with van der Waals surface area (Å²) >= 11 is 0. The van der Waals surface area contributed by atoms with E-state index in [4.69, 9.17) is 5.73 Å². The predicted molar refractivity (Wildman–Crippen MR) is 75.6 cm³/mol. The second kappa shape index (κ2) is 6.06. The van der Waals surface area contributed by atoms with Crippen LogP contribution in [0.1, 0.15) is 37.7 Å². The first-order chi connectivity index (χ1) is 9.06. The number of hydrogen-bond acceptors (Lipinski definition) is 3. The van der Waals surface area contributed by atoms with Gasteiger partial charge in [0.15, 0.2) is 0 Å². The van der Waals surface area contributed by atoms with E-state index < -0.39 is 0 Å². The largest absolute Gasteiger partial charge is 0.399 e. The Morgan fingerprint density at radius 2 is 2.32 bits per heavy atom. The van der Waals surface area contributed by atoms with Gasteiger partial charge in [0.2, 0.25) is 5.91 Å². The molecule has 3 unspecified atom stereocenters. The van der Waals surface area contributed by atoms with Crippen LogP contribution in [0.3, 0.4) is 0 Å². The van der Waals surface area contributed by atoms with Gasteiger partial charge in [0.1, 0.15) is 0 Å². The molecule has 1 aliphatic rings. The van der Waals surface area contributed by atoms with E-state index >= 15 is 0 Å². The standard InChI is InChI=1S/C15H22N2O2/c1-10(12-3-2-4-13(16)8-12)15(19)17-9-11-5-6-14(18)7-11/h2-4,8,10-11,14,18H,5-7,9,16H2,1H3,(H,17,19). The first-order valence-corrected chi connectivity index (χ1v) is 6.87. The van der Waals surface area contributed by atoms with Crippen molar-refractivity contribution in [2.75, 3.05) is 12.3 Å². The van der Waals surface area contributed by atoms with Gasteiger partial charge in [-0.25, -0.2) is 0 Å². The number of nitrogens with two attached hydrogens (primary N) is 1. The lowest BCUT2D eigenvalue weighted by Gasteiger charge is -2.15. The fourth-order valence-corrected chi connectivity index (χ4v) is 2.61. The van der Waals surface area contributed by atoms with Gasteiger partial charge in [-0.3, -0.25) is 4.79 Å². The molecule has 1 aliphatic carbocycles. The highest BCUT2D eigenvalue weighted by atomic mass is 16.3. The van der Waals surface area contributed by atoms with Gasteiger partial charge in [-0.15, -0.1) is 0 Å². The number of rotatable bonds is 4. The van der Waals surface area contributed by atoms with E-state index in [9.17, 15) is 9.90 Å². The average molecular weight is 262 g/mol. The van der Waals surface area contributed by atoms with E-state index in [1.807, 2.05) is 31.2 Å². The van der Waals surface area contributed by atoms with E-state index in [2.05, 4.69) is 5.32 Å². The number of carbonyl (C=O) groups excluding carboxylic acids is 1. The van der Waals surface area contributed by atoms with Gasteiger partial charge in [0, 0.05) is 12.2 Å². The Labute approximate surface area is 114 Å². The number of nitrogen functional groups attached to an aromatic ring is 1. The molecule has 0 aliphatic heterocycles. The molecule has 1 saturated carbocycles. The highest BCUT2D eigenvalue weighted by molar-refractivity contribution is 5.83. The third-order valence-corrected chi connectivity index (χ3v) is 3.88. The van der Waals surface area contributed by atoms with Crippen LogP contribution < -0.4 is 11.1 Å². The molecule has 4 N–H and O–H groups in total. The van der Waals surface area contributed by atoms with Crippen molar-refractivity contribution in [3.63, 3.8) is 0 Å². The monoisotopic (exact) mass is 262 g/mol. The highest BCUT2D eigenvalue weighted by Crippen LogP contribution is 2.25. The molecule has 2 rings (SSSR count). The lowest BCUT2D eigenvalue weighted by atomic mass is 9.99. The zero-order valence-corrected chi connectivity index (χ0v) is 11.3. The number of aliphatic hydroxyl groups is 1. The fourth-order valence-electron chi connectivity index (χ4n) is 2.61. The Bertz CT molecular complexity index is 448. The molecule has 4 nitrogen and oxygen atoms in total. The molecule has 19 heavy (non-hydrogen) atoms. The number of anilines is 1. The summed E-state index contributed by atoms with van der Waals surface area (Å²) in [7, 11) is 0. The second-order valence-corrected chi connectivity index (χ2v) is 5.47. The number of amides is 1. The van der Waals surface area contributed by atoms with Gasteiger partial charge in [-0.05, 0) is 49.8 Å². The maximum absolute atomic E-state index is 12.1. The van der Waals surface area contributed by atoms with E-state index in [-0.39, 0.29) is 17.9 Å². The maximum atomic E-state index is 12.1. The first kappa shape index (κ1) is 13.9. The molecule has 4 heteroatoms. The zero-order chi connectivity index (χ0) is 13.8. The van der Waals surface area contributed by atoms with Crippen molar-refractivity contribution in [1.29, 1.82) is 0 Å². The summed E-state index contributed by atoms with van der Waals surface area (Å²) in [6, 6.07) is 7.43. The third-order valence-electron chi connectivity index (χ3n) is 3.88. The summed E-state index contributed by atoms with van der Waals surface area (Å²) in [5.74, 6) is 0.230. The Balaban J connectivity index is 1.85. The first-order valence-electron chi connectivity index (χ1n) is 6.87. The summed E-state index contributed by atoms with van der Waals surface area (Å²) in [5, 5.41) is 12.4. The third kappa shape index (κ3) is 3.70. The van der Waals surface area contributed by atoms with Crippen molar-refractivity contribution in [3.05, 3.63) is 29.8 Å². The number of carbonyl (C=O) groups is 1. The lowest BCUT2D eigenvalue weighted by molar-refractivity contribution is -0.122. The van der Waals surface area contributed by atoms with Crippen LogP contribution in [0.15, 0.2) is 24.3 Å². The van der Waals surface area contributed by atoms with Gasteiger partial charge < -0.3 is 16.2 Å². The smallest absolute Gasteiger partial charge is 0.227 e. The summed E-state index contributed by atoms with van der Waals surface area (Å²) in [5.41, 5.74) is 7.34. The van der Waals surface area contributed by atoms with Crippen molar-refractivity contribution >= 4 is 11.6 Å². The molecule has 3 atom stereocenters. The van der Waals surface area contributed by atoms with Gasteiger partial charge >= 0.3 is 0 Å². The van der Waals surface area contributed by atoms with Crippen LogP contribution in [0.2, 0.25) is 0 Å². The molecule has 1 aromatic rings. The topological polar surface area (TPSA) is 75.3 Å². The molecule has 104 valence electrons. The predicted octanol–water partition coefficient (Wildman–Crippen LogP) is 1.65. The van der Waals surface area contributed by atoms with Crippen LogP contribution in [0, 0.1) is 5.92 Å². The molecule has 0 heterocycles. The SMILES string of the molecule is CC(C(=O)NCC1CCC(O)C1)c1cccc(N)c1. The summed E-state index contributed by atoms with van der Waals surface area (Å²) in [6.45, 7) is 2.54. The van der Waals surface area contributed by atoms with Crippen LogP contribution in [0.25, 0.3) is 0 Å². The highest BCUT2D eigenvalue weighted by Gasteiger charge is 2.24. The number of nitrogens with one attached hydrogen (secondary N) is 1. The maximum Gasteiger partial charge on any atom is 0.227 e. The molecule has 0 saturated heterocycles. The quantitative estimate of drug-likeness (QED) is 0.722. The van der Waals surface area contributed by atoms with Crippen LogP contribution in [0.5, 0.6) is 0 Å². The number of aliphatic hydroxyl groups excluding tert-OH is 1. The molecule has 1 amide bonds. The summed E-state index contributed by atoms with van der Waals surface area (Å²) < 4.78 is 0. The fraction of sp³-hybridized carbons (Fsp3) is 0.533. The van der Waals surface area contributed by atoms with E-state index in [0.29, 0.717) is 18.2 Å². The second-order valence-electron chi connectivity index (χ2n) is 5.47. The minimum atomic E-state index is -0.199. The van der Waals surface area contributed by atoms with Gasteiger partial charge in [0.25, 0.3) is 0 Å². The molecule has 1 aromatic carbocycles.